The summed E-state index contributed by atoms with van der Waals surface area (Å²) in [6.45, 7) is 0. The molecule has 1 aliphatic carbocycles. The van der Waals surface area contributed by atoms with Crippen molar-refractivity contribution in [3.63, 3.8) is 0 Å². The minimum atomic E-state index is 0.0581. The minimum absolute atomic E-state index is 0.0581. The van der Waals surface area contributed by atoms with Gasteiger partial charge in [-0.3, -0.25) is 4.79 Å². The van der Waals surface area contributed by atoms with E-state index in [0.717, 1.165) is 35.3 Å². The molecular weight excluding hydrogens is 142 g/mol. The van der Waals surface area contributed by atoms with E-state index in [1.165, 1.54) is 12.3 Å². The van der Waals surface area contributed by atoms with Crippen LogP contribution in [0.1, 0.15) is 17.7 Å². The van der Waals surface area contributed by atoms with Gasteiger partial charge in [-0.2, -0.15) is 4.73 Å². The van der Waals surface area contributed by atoms with Gasteiger partial charge in [-0.15, -0.1) is 0 Å². The molecule has 58 valence electrons. The van der Waals surface area contributed by atoms with Crippen LogP contribution < -0.4 is 5.43 Å². The Bertz CT molecular complexity index is 340. The molecule has 0 bridgehead atoms. The summed E-state index contributed by atoms with van der Waals surface area (Å²) in [7, 11) is 0. The van der Waals surface area contributed by atoms with E-state index in [4.69, 9.17) is 0 Å². The van der Waals surface area contributed by atoms with Crippen molar-refractivity contribution >= 4 is 0 Å². The average Bonchev–Trinajstić information content (AvgIpc) is 2.45. The van der Waals surface area contributed by atoms with Gasteiger partial charge in [0.15, 0.2) is 5.43 Å². The highest BCUT2D eigenvalue weighted by Crippen LogP contribution is 2.16. The molecule has 0 fully saturated rings. The fourth-order valence-electron chi connectivity index (χ4n) is 1.57. The predicted octanol–water partition coefficient (Wildman–Crippen LogP) is 0.574. The lowest BCUT2D eigenvalue weighted by atomic mass is 10.2. The van der Waals surface area contributed by atoms with Gasteiger partial charge in [0.1, 0.15) is 0 Å². The van der Waals surface area contributed by atoms with Crippen molar-refractivity contribution in [1.29, 1.82) is 0 Å². The molecule has 0 aromatic carbocycles. The molecule has 3 heteroatoms. The first kappa shape index (κ1) is 6.46. The number of aromatic nitrogens is 1. The molecule has 1 aromatic heterocycles. The van der Waals surface area contributed by atoms with Crippen LogP contribution in [0.15, 0.2) is 17.1 Å². The van der Waals surface area contributed by atoms with E-state index in [1.807, 2.05) is 0 Å². The third kappa shape index (κ3) is 0.843. The smallest absolute Gasteiger partial charge is 0.185 e. The number of fused-ring (bicyclic) bond motifs is 1. The van der Waals surface area contributed by atoms with Gasteiger partial charge < -0.3 is 5.21 Å². The molecule has 0 saturated heterocycles. The zero-order chi connectivity index (χ0) is 7.84. The maximum Gasteiger partial charge on any atom is 0.185 e. The number of pyridine rings is 1. The summed E-state index contributed by atoms with van der Waals surface area (Å²) >= 11 is 0. The van der Waals surface area contributed by atoms with Crippen LogP contribution >= 0.6 is 0 Å². The summed E-state index contributed by atoms with van der Waals surface area (Å²) in [6.07, 6.45) is 4.03. The van der Waals surface area contributed by atoms with Gasteiger partial charge in [-0.1, -0.05) is 0 Å². The topological polar surface area (TPSA) is 42.2 Å². The Balaban J connectivity index is 2.74. The van der Waals surface area contributed by atoms with Crippen molar-refractivity contribution < 1.29 is 5.21 Å². The minimum Gasteiger partial charge on any atom is -0.429 e. The molecule has 0 saturated carbocycles. The maximum atomic E-state index is 11.1. The van der Waals surface area contributed by atoms with Gasteiger partial charge in [-0.05, 0) is 19.3 Å². The number of hydrogen-bond donors (Lipinski definition) is 1. The van der Waals surface area contributed by atoms with Gasteiger partial charge in [0, 0.05) is 17.8 Å². The van der Waals surface area contributed by atoms with Crippen molar-refractivity contribution in [3.05, 3.63) is 33.7 Å². The number of rotatable bonds is 0. The molecule has 3 nitrogen and oxygen atoms in total. The van der Waals surface area contributed by atoms with Crippen molar-refractivity contribution in [2.75, 3.05) is 0 Å². The highest BCUT2D eigenvalue weighted by atomic mass is 16.5. The van der Waals surface area contributed by atoms with Crippen LogP contribution in [0.3, 0.4) is 0 Å². The second-order valence-corrected chi connectivity index (χ2v) is 2.80. The zero-order valence-corrected chi connectivity index (χ0v) is 6.08. The summed E-state index contributed by atoms with van der Waals surface area (Å²) < 4.78 is 1.06. The van der Waals surface area contributed by atoms with E-state index in [9.17, 15) is 10.0 Å². The fraction of sp³-hybridized carbons (Fsp3) is 0.375. The third-order valence-corrected chi connectivity index (χ3v) is 2.13. The largest absolute Gasteiger partial charge is 0.429 e. The maximum absolute atomic E-state index is 11.1. The summed E-state index contributed by atoms with van der Waals surface area (Å²) in [5.41, 5.74) is 1.63. The summed E-state index contributed by atoms with van der Waals surface area (Å²) in [5, 5.41) is 9.23. The van der Waals surface area contributed by atoms with Crippen molar-refractivity contribution in [3.8, 4) is 0 Å². The molecule has 0 unspecified atom stereocenters. The van der Waals surface area contributed by atoms with E-state index in [1.54, 1.807) is 0 Å². The fourth-order valence-corrected chi connectivity index (χ4v) is 1.57. The summed E-state index contributed by atoms with van der Waals surface area (Å²) in [6, 6.07) is 1.41. The molecular formula is C8H9NO2. The molecule has 0 radical (unpaired) electrons. The third-order valence-electron chi connectivity index (χ3n) is 2.13. The first-order valence-corrected chi connectivity index (χ1v) is 3.72. The Kier molecular flexibility index (Phi) is 1.24. The van der Waals surface area contributed by atoms with Crippen LogP contribution in [0, 0.1) is 0 Å². The number of nitrogens with zero attached hydrogens (tertiary/aromatic N) is 1. The lowest BCUT2D eigenvalue weighted by Crippen LogP contribution is -2.12. The van der Waals surface area contributed by atoms with E-state index in [0.29, 0.717) is 0 Å². The molecule has 2 rings (SSSR count). The van der Waals surface area contributed by atoms with E-state index in [2.05, 4.69) is 0 Å². The lowest BCUT2D eigenvalue weighted by Gasteiger charge is -2.02. The van der Waals surface area contributed by atoms with Crippen LogP contribution in [-0.2, 0) is 12.8 Å². The predicted molar refractivity (Wildman–Crippen MR) is 39.9 cm³/mol. The second-order valence-electron chi connectivity index (χ2n) is 2.80. The first-order chi connectivity index (χ1) is 5.29. The molecule has 0 aliphatic heterocycles. The van der Waals surface area contributed by atoms with Crippen LogP contribution in [-0.4, -0.2) is 9.94 Å². The SMILES string of the molecule is O=c1ccn(O)c2c1CCC2. The van der Waals surface area contributed by atoms with Gasteiger partial charge in [0.25, 0.3) is 0 Å². The van der Waals surface area contributed by atoms with Crippen LogP contribution in [0.4, 0.5) is 0 Å². The zero-order valence-electron chi connectivity index (χ0n) is 6.08. The Morgan fingerprint density at radius 1 is 1.45 bits per heavy atom. The molecule has 1 N–H and O–H groups in total. The molecule has 11 heavy (non-hydrogen) atoms. The molecule has 0 atom stereocenters. The van der Waals surface area contributed by atoms with Gasteiger partial charge in [0.2, 0.25) is 0 Å². The molecule has 0 amide bonds. The summed E-state index contributed by atoms with van der Waals surface area (Å²) in [4.78, 5) is 11.1. The van der Waals surface area contributed by atoms with Crippen LogP contribution in [0.2, 0.25) is 0 Å². The van der Waals surface area contributed by atoms with Crippen molar-refractivity contribution in [2.45, 2.75) is 19.3 Å². The quantitative estimate of drug-likeness (QED) is 0.551. The second kappa shape index (κ2) is 2.12. The van der Waals surface area contributed by atoms with Crippen LogP contribution in [0.5, 0.6) is 0 Å². The first-order valence-electron chi connectivity index (χ1n) is 3.72. The molecule has 1 heterocycles. The monoisotopic (exact) mass is 151 g/mol. The Morgan fingerprint density at radius 3 is 3.00 bits per heavy atom. The number of hydrogen-bond acceptors (Lipinski definition) is 2. The summed E-state index contributed by atoms with van der Waals surface area (Å²) in [5.74, 6) is 0. The van der Waals surface area contributed by atoms with E-state index in [-0.39, 0.29) is 5.43 Å². The van der Waals surface area contributed by atoms with Crippen LogP contribution in [0.25, 0.3) is 0 Å². The normalized spacial score (nSPS) is 14.9. The van der Waals surface area contributed by atoms with Gasteiger partial charge in [-0.25, -0.2) is 0 Å². The average molecular weight is 151 g/mol. The highest BCUT2D eigenvalue weighted by molar-refractivity contribution is 5.24. The van der Waals surface area contributed by atoms with Crippen molar-refractivity contribution in [2.24, 2.45) is 0 Å². The van der Waals surface area contributed by atoms with Gasteiger partial charge >= 0.3 is 0 Å². The molecule has 0 spiro atoms. The van der Waals surface area contributed by atoms with E-state index >= 15 is 0 Å². The Morgan fingerprint density at radius 2 is 2.27 bits per heavy atom. The van der Waals surface area contributed by atoms with Gasteiger partial charge in [0.05, 0.1) is 5.69 Å². The Hall–Kier alpha value is -1.25. The lowest BCUT2D eigenvalue weighted by molar-refractivity contribution is 0.175. The molecule has 1 aromatic rings. The van der Waals surface area contributed by atoms with E-state index < -0.39 is 0 Å². The van der Waals surface area contributed by atoms with Crippen molar-refractivity contribution in [1.82, 2.24) is 4.73 Å². The Labute approximate surface area is 63.9 Å². The standard InChI is InChI=1S/C8H9NO2/c10-8-4-5-9(11)7-3-1-2-6(7)8/h4-5,11H,1-3H2. The molecule has 1 aliphatic rings. The highest BCUT2D eigenvalue weighted by Gasteiger charge is 2.16.